The van der Waals surface area contributed by atoms with Crippen LogP contribution in [0.1, 0.15) is 58.3 Å². The van der Waals surface area contributed by atoms with E-state index in [2.05, 4.69) is 22.1 Å². The average Bonchev–Trinajstić information content (AvgIpc) is 2.67. The molecule has 2 unspecified atom stereocenters. The van der Waals surface area contributed by atoms with Gasteiger partial charge in [-0.25, -0.2) is 0 Å². The molecule has 1 aromatic rings. The number of hydrogen-bond donors (Lipinski definition) is 2. The molecule has 26 heavy (non-hydrogen) atoms. The minimum Gasteiger partial charge on any atom is -0.481 e. The highest BCUT2D eigenvalue weighted by Gasteiger charge is 2.32. The van der Waals surface area contributed by atoms with Crippen molar-refractivity contribution < 1.29 is 9.90 Å². The van der Waals surface area contributed by atoms with Crippen LogP contribution in [0.4, 0.5) is 5.69 Å². The van der Waals surface area contributed by atoms with E-state index in [0.29, 0.717) is 30.3 Å². The zero-order chi connectivity index (χ0) is 18.4. The third-order valence-corrected chi connectivity index (χ3v) is 6.33. The van der Waals surface area contributed by atoms with Crippen LogP contribution in [0.2, 0.25) is 0 Å². The number of pyridine rings is 1. The van der Waals surface area contributed by atoms with Crippen molar-refractivity contribution in [2.24, 2.45) is 11.8 Å². The molecule has 1 aliphatic carbocycles. The third kappa shape index (κ3) is 5.19. The van der Waals surface area contributed by atoms with Crippen LogP contribution in [0.15, 0.2) is 24.5 Å². The van der Waals surface area contributed by atoms with Gasteiger partial charge in [-0.3, -0.25) is 9.78 Å². The monoisotopic (exact) mass is 359 g/mol. The normalized spacial score (nSPS) is 28.4. The van der Waals surface area contributed by atoms with E-state index in [-0.39, 0.29) is 0 Å². The molecule has 0 bridgehead atoms. The van der Waals surface area contributed by atoms with E-state index in [1.54, 1.807) is 0 Å². The summed E-state index contributed by atoms with van der Waals surface area (Å²) in [6.45, 7) is 4.65. The molecule has 5 heteroatoms. The second kappa shape index (κ2) is 9.36. The standard InChI is InChI=1S/C21H33N3O2/c1-2-20(23-18-9-11-22-12-10-18)17-4-3-13-24(15-17)19-7-5-16(6-8-19)14-21(25)26/h9-12,16-17,19-20H,2-8,13-15H2,1H3,(H,22,23)(H,25,26). The Kier molecular flexibility index (Phi) is 6.89. The van der Waals surface area contributed by atoms with Gasteiger partial charge < -0.3 is 15.3 Å². The Balaban J connectivity index is 1.52. The number of nitrogens with one attached hydrogen (secondary N) is 1. The van der Waals surface area contributed by atoms with Crippen LogP contribution in [0.25, 0.3) is 0 Å². The summed E-state index contributed by atoms with van der Waals surface area (Å²) >= 11 is 0. The van der Waals surface area contributed by atoms with Crippen molar-refractivity contribution in [3.05, 3.63) is 24.5 Å². The molecule has 2 N–H and O–H groups in total. The summed E-state index contributed by atoms with van der Waals surface area (Å²) in [5.74, 6) is 0.430. The van der Waals surface area contributed by atoms with Gasteiger partial charge in [-0.05, 0) is 75.5 Å². The number of anilines is 1. The Bertz CT molecular complexity index is 558. The Morgan fingerprint density at radius 3 is 2.65 bits per heavy atom. The van der Waals surface area contributed by atoms with E-state index in [1.165, 1.54) is 38.8 Å². The molecule has 5 nitrogen and oxygen atoms in total. The van der Waals surface area contributed by atoms with Crippen LogP contribution in [-0.4, -0.2) is 46.1 Å². The molecule has 3 rings (SSSR count). The van der Waals surface area contributed by atoms with Gasteiger partial charge in [-0.2, -0.15) is 0 Å². The summed E-state index contributed by atoms with van der Waals surface area (Å²) in [7, 11) is 0. The molecular formula is C21H33N3O2. The van der Waals surface area contributed by atoms with Crippen LogP contribution >= 0.6 is 0 Å². The summed E-state index contributed by atoms with van der Waals surface area (Å²) in [4.78, 5) is 17.7. The summed E-state index contributed by atoms with van der Waals surface area (Å²) in [6, 6.07) is 5.25. The Morgan fingerprint density at radius 1 is 1.27 bits per heavy atom. The average molecular weight is 360 g/mol. The topological polar surface area (TPSA) is 65.5 Å². The zero-order valence-corrected chi connectivity index (χ0v) is 15.9. The minimum atomic E-state index is -0.639. The number of aromatic nitrogens is 1. The van der Waals surface area contributed by atoms with Gasteiger partial charge in [0, 0.05) is 43.1 Å². The first kappa shape index (κ1) is 19.2. The highest BCUT2D eigenvalue weighted by Crippen LogP contribution is 2.33. The number of hydrogen-bond acceptors (Lipinski definition) is 4. The molecule has 2 fully saturated rings. The zero-order valence-electron chi connectivity index (χ0n) is 15.9. The van der Waals surface area contributed by atoms with Gasteiger partial charge in [-0.1, -0.05) is 6.92 Å². The fourth-order valence-electron chi connectivity index (χ4n) is 4.88. The molecule has 0 spiro atoms. The maximum atomic E-state index is 10.9. The summed E-state index contributed by atoms with van der Waals surface area (Å²) in [6.07, 6.45) is 12.2. The number of carbonyl (C=O) groups is 1. The molecule has 1 aliphatic heterocycles. The predicted molar refractivity (Wildman–Crippen MR) is 104 cm³/mol. The fourth-order valence-corrected chi connectivity index (χ4v) is 4.88. The van der Waals surface area contributed by atoms with E-state index in [9.17, 15) is 4.79 Å². The summed E-state index contributed by atoms with van der Waals surface area (Å²) in [5, 5.41) is 12.7. The lowest BCUT2D eigenvalue weighted by atomic mass is 9.81. The molecule has 0 aromatic carbocycles. The van der Waals surface area contributed by atoms with Crippen molar-refractivity contribution in [3.63, 3.8) is 0 Å². The first-order chi connectivity index (χ1) is 12.7. The Morgan fingerprint density at radius 2 is 2.00 bits per heavy atom. The van der Waals surface area contributed by atoms with Gasteiger partial charge in [0.1, 0.15) is 0 Å². The first-order valence-electron chi connectivity index (χ1n) is 10.3. The number of aliphatic carboxylic acids is 1. The van der Waals surface area contributed by atoms with E-state index < -0.39 is 5.97 Å². The van der Waals surface area contributed by atoms with Crippen molar-refractivity contribution >= 4 is 11.7 Å². The number of carboxylic acids is 1. The molecule has 1 saturated carbocycles. The lowest BCUT2D eigenvalue weighted by molar-refractivity contribution is -0.138. The number of nitrogens with zero attached hydrogens (tertiary/aromatic N) is 2. The quantitative estimate of drug-likeness (QED) is 0.770. The van der Waals surface area contributed by atoms with Crippen molar-refractivity contribution in [1.82, 2.24) is 9.88 Å². The largest absolute Gasteiger partial charge is 0.481 e. The van der Waals surface area contributed by atoms with Crippen LogP contribution in [0.5, 0.6) is 0 Å². The van der Waals surface area contributed by atoms with Crippen molar-refractivity contribution in [2.45, 2.75) is 70.4 Å². The molecule has 2 heterocycles. The molecule has 0 amide bonds. The molecule has 1 saturated heterocycles. The van der Waals surface area contributed by atoms with E-state index >= 15 is 0 Å². The van der Waals surface area contributed by atoms with E-state index in [0.717, 1.165) is 24.9 Å². The van der Waals surface area contributed by atoms with Crippen LogP contribution in [0.3, 0.4) is 0 Å². The molecule has 2 atom stereocenters. The van der Waals surface area contributed by atoms with Crippen molar-refractivity contribution in [1.29, 1.82) is 0 Å². The van der Waals surface area contributed by atoms with Crippen LogP contribution in [-0.2, 0) is 4.79 Å². The first-order valence-corrected chi connectivity index (χ1v) is 10.3. The number of rotatable bonds is 7. The molecule has 2 aliphatic rings. The van der Waals surface area contributed by atoms with Crippen LogP contribution in [0, 0.1) is 11.8 Å². The molecule has 144 valence electrons. The van der Waals surface area contributed by atoms with E-state index in [4.69, 9.17) is 5.11 Å². The van der Waals surface area contributed by atoms with Crippen molar-refractivity contribution in [3.8, 4) is 0 Å². The maximum absolute atomic E-state index is 10.9. The SMILES string of the molecule is CCC(Nc1ccncc1)C1CCCN(C2CCC(CC(=O)O)CC2)C1. The summed E-state index contributed by atoms with van der Waals surface area (Å²) < 4.78 is 0. The smallest absolute Gasteiger partial charge is 0.303 e. The lowest BCUT2D eigenvalue weighted by Crippen LogP contribution is -2.48. The maximum Gasteiger partial charge on any atom is 0.303 e. The molecule has 1 aromatic heterocycles. The second-order valence-electron chi connectivity index (χ2n) is 8.06. The third-order valence-electron chi connectivity index (χ3n) is 6.33. The van der Waals surface area contributed by atoms with Gasteiger partial charge in [0.2, 0.25) is 0 Å². The fraction of sp³-hybridized carbons (Fsp3) is 0.714. The number of likely N-dealkylation sites (tertiary alicyclic amines) is 1. The van der Waals surface area contributed by atoms with E-state index in [1.807, 2.05) is 24.5 Å². The highest BCUT2D eigenvalue weighted by atomic mass is 16.4. The van der Waals surface area contributed by atoms with Gasteiger partial charge >= 0.3 is 5.97 Å². The number of carboxylic acid groups (broad SMARTS) is 1. The van der Waals surface area contributed by atoms with Gasteiger partial charge in [0.15, 0.2) is 0 Å². The predicted octanol–water partition coefficient (Wildman–Crippen LogP) is 4.02. The molecule has 0 radical (unpaired) electrons. The van der Waals surface area contributed by atoms with Crippen LogP contribution < -0.4 is 5.32 Å². The summed E-state index contributed by atoms with van der Waals surface area (Å²) in [5.41, 5.74) is 1.16. The lowest BCUT2D eigenvalue weighted by Gasteiger charge is -2.43. The van der Waals surface area contributed by atoms with Gasteiger partial charge in [0.25, 0.3) is 0 Å². The van der Waals surface area contributed by atoms with Crippen molar-refractivity contribution in [2.75, 3.05) is 18.4 Å². The molecular weight excluding hydrogens is 326 g/mol. The second-order valence-corrected chi connectivity index (χ2v) is 8.06. The minimum absolute atomic E-state index is 0.350. The van der Waals surface area contributed by atoms with Gasteiger partial charge in [-0.15, -0.1) is 0 Å². The number of piperidine rings is 1. The highest BCUT2D eigenvalue weighted by molar-refractivity contribution is 5.67. The van der Waals surface area contributed by atoms with Gasteiger partial charge in [0.05, 0.1) is 0 Å². The Hall–Kier alpha value is -1.62. The Labute approximate surface area is 157 Å².